The van der Waals surface area contributed by atoms with Crippen LogP contribution in [0.15, 0.2) is 35.3 Å². The number of ether oxygens (including phenoxy) is 1. The van der Waals surface area contributed by atoms with E-state index in [-0.39, 0.29) is 20.8 Å². The van der Waals surface area contributed by atoms with Crippen LogP contribution in [0.5, 0.6) is 0 Å². The number of halogens is 6. The van der Waals surface area contributed by atoms with Crippen LogP contribution in [0.3, 0.4) is 0 Å². The van der Waals surface area contributed by atoms with Crippen molar-refractivity contribution in [2.45, 2.75) is 12.7 Å². The molecular weight excluding hydrogens is 448 g/mol. The fourth-order valence-electron chi connectivity index (χ4n) is 1.96. The highest BCUT2D eigenvalue weighted by Crippen LogP contribution is 2.32. The standard InChI is InChI=1S/C16H10Cl3F3N2O4/c17-9-3-11(19)12(4-10(9)18)23-13(25)7-28-15(27)6-24-5-8(16(20,21)22)1-2-14(24)26/h1-5H,6-7H2,(H,23,25). The molecule has 1 aromatic heterocycles. The normalized spacial score (nSPS) is 11.2. The van der Waals surface area contributed by atoms with E-state index in [4.69, 9.17) is 34.8 Å². The molecule has 0 atom stereocenters. The fraction of sp³-hybridized carbons (Fsp3) is 0.188. The Labute approximate surface area is 170 Å². The molecule has 0 saturated carbocycles. The number of carbonyl (C=O) groups excluding carboxylic acids is 2. The van der Waals surface area contributed by atoms with Gasteiger partial charge in [0.05, 0.1) is 26.3 Å². The third-order valence-electron chi connectivity index (χ3n) is 3.26. The lowest BCUT2D eigenvalue weighted by atomic mass is 10.3. The molecule has 28 heavy (non-hydrogen) atoms. The summed E-state index contributed by atoms with van der Waals surface area (Å²) in [4.78, 5) is 35.2. The van der Waals surface area contributed by atoms with Crippen LogP contribution < -0.4 is 10.9 Å². The van der Waals surface area contributed by atoms with Gasteiger partial charge in [0.2, 0.25) is 0 Å². The number of hydrogen-bond donors (Lipinski definition) is 1. The molecule has 0 saturated heterocycles. The highest BCUT2D eigenvalue weighted by atomic mass is 35.5. The van der Waals surface area contributed by atoms with E-state index in [0.717, 1.165) is 0 Å². The maximum absolute atomic E-state index is 12.7. The molecule has 12 heteroatoms. The molecule has 0 spiro atoms. The summed E-state index contributed by atoms with van der Waals surface area (Å²) in [6, 6.07) is 3.86. The first kappa shape index (κ1) is 22.1. The molecule has 0 fully saturated rings. The summed E-state index contributed by atoms with van der Waals surface area (Å²) in [7, 11) is 0. The van der Waals surface area contributed by atoms with Crippen molar-refractivity contribution in [3.05, 3.63) is 61.4 Å². The van der Waals surface area contributed by atoms with Crippen molar-refractivity contribution in [3.63, 3.8) is 0 Å². The van der Waals surface area contributed by atoms with Crippen molar-refractivity contribution in [2.24, 2.45) is 0 Å². The Morgan fingerprint density at radius 1 is 1.07 bits per heavy atom. The number of carbonyl (C=O) groups is 2. The summed E-state index contributed by atoms with van der Waals surface area (Å²) >= 11 is 17.5. The molecule has 150 valence electrons. The van der Waals surface area contributed by atoms with Crippen LogP contribution in [-0.2, 0) is 27.0 Å². The van der Waals surface area contributed by atoms with Crippen LogP contribution in [-0.4, -0.2) is 23.1 Å². The lowest BCUT2D eigenvalue weighted by Crippen LogP contribution is -2.28. The van der Waals surface area contributed by atoms with Gasteiger partial charge >= 0.3 is 12.1 Å². The van der Waals surface area contributed by atoms with Crippen LogP contribution in [0.1, 0.15) is 5.56 Å². The maximum atomic E-state index is 12.7. The highest BCUT2D eigenvalue weighted by molar-refractivity contribution is 6.44. The van der Waals surface area contributed by atoms with Crippen molar-refractivity contribution in [2.75, 3.05) is 11.9 Å². The van der Waals surface area contributed by atoms with Gasteiger partial charge in [0.15, 0.2) is 6.61 Å². The number of esters is 1. The zero-order valence-corrected chi connectivity index (χ0v) is 15.9. The van der Waals surface area contributed by atoms with E-state index in [0.29, 0.717) is 22.9 Å². The first-order valence-electron chi connectivity index (χ1n) is 7.35. The molecule has 1 N–H and O–H groups in total. The van der Waals surface area contributed by atoms with Gasteiger partial charge in [-0.2, -0.15) is 13.2 Å². The topological polar surface area (TPSA) is 77.4 Å². The maximum Gasteiger partial charge on any atom is 0.417 e. The summed E-state index contributed by atoms with van der Waals surface area (Å²) in [5.74, 6) is -1.87. The first-order chi connectivity index (χ1) is 13.0. The predicted molar refractivity (Wildman–Crippen MR) is 96.8 cm³/mol. The fourth-order valence-corrected chi connectivity index (χ4v) is 2.55. The second kappa shape index (κ2) is 8.85. The van der Waals surface area contributed by atoms with Crippen molar-refractivity contribution in [3.8, 4) is 0 Å². The number of pyridine rings is 1. The van der Waals surface area contributed by atoms with E-state index in [1.807, 2.05) is 0 Å². The second-order valence-electron chi connectivity index (χ2n) is 5.34. The molecule has 6 nitrogen and oxygen atoms in total. The lowest BCUT2D eigenvalue weighted by Gasteiger charge is -2.11. The summed E-state index contributed by atoms with van der Waals surface area (Å²) in [5, 5.41) is 2.71. The van der Waals surface area contributed by atoms with Gasteiger partial charge in [-0.25, -0.2) is 0 Å². The van der Waals surface area contributed by atoms with E-state index < -0.39 is 42.3 Å². The monoisotopic (exact) mass is 456 g/mol. The van der Waals surface area contributed by atoms with Crippen molar-refractivity contribution in [1.82, 2.24) is 4.57 Å². The van der Waals surface area contributed by atoms with Crippen molar-refractivity contribution in [1.29, 1.82) is 0 Å². The first-order valence-corrected chi connectivity index (χ1v) is 8.48. The van der Waals surface area contributed by atoms with Crippen LogP contribution in [0.25, 0.3) is 0 Å². The number of nitrogens with zero attached hydrogens (tertiary/aromatic N) is 1. The van der Waals surface area contributed by atoms with Gasteiger partial charge in [-0.1, -0.05) is 34.8 Å². The summed E-state index contributed by atoms with van der Waals surface area (Å²) in [6.07, 6.45) is -4.20. The molecule has 0 aliphatic carbocycles. The second-order valence-corrected chi connectivity index (χ2v) is 6.56. The molecule has 0 bridgehead atoms. The van der Waals surface area contributed by atoms with Gasteiger partial charge in [-0.15, -0.1) is 0 Å². The molecule has 1 heterocycles. The third kappa shape index (κ3) is 5.88. The van der Waals surface area contributed by atoms with E-state index in [1.54, 1.807) is 0 Å². The SMILES string of the molecule is O=C(COC(=O)Cn1cc(C(F)(F)F)ccc1=O)Nc1cc(Cl)c(Cl)cc1Cl. The smallest absolute Gasteiger partial charge is 0.417 e. The minimum Gasteiger partial charge on any atom is -0.454 e. The molecule has 1 amide bonds. The average molecular weight is 458 g/mol. The van der Waals surface area contributed by atoms with E-state index in [1.165, 1.54) is 12.1 Å². The lowest BCUT2D eigenvalue weighted by molar-refractivity contribution is -0.148. The Kier molecular flexibility index (Phi) is 6.97. The number of aromatic nitrogens is 1. The van der Waals surface area contributed by atoms with Gasteiger partial charge in [-0.05, 0) is 18.2 Å². The number of benzene rings is 1. The number of hydrogen-bond acceptors (Lipinski definition) is 4. The molecular formula is C16H10Cl3F3N2O4. The molecule has 0 aliphatic heterocycles. The number of amides is 1. The molecule has 2 rings (SSSR count). The highest BCUT2D eigenvalue weighted by Gasteiger charge is 2.31. The van der Waals surface area contributed by atoms with Gasteiger partial charge in [0.25, 0.3) is 11.5 Å². The van der Waals surface area contributed by atoms with Gasteiger partial charge in [-0.3, -0.25) is 14.4 Å². The Bertz CT molecular complexity index is 977. The zero-order valence-electron chi connectivity index (χ0n) is 13.6. The molecule has 1 aromatic carbocycles. The van der Waals surface area contributed by atoms with Gasteiger partial charge < -0.3 is 14.6 Å². The summed E-state index contributed by atoms with van der Waals surface area (Å²) < 4.78 is 43.2. The third-order valence-corrected chi connectivity index (χ3v) is 4.29. The largest absolute Gasteiger partial charge is 0.454 e. The Morgan fingerprint density at radius 2 is 1.71 bits per heavy atom. The average Bonchev–Trinajstić information content (AvgIpc) is 2.59. The van der Waals surface area contributed by atoms with Crippen molar-refractivity contribution >= 4 is 52.4 Å². The molecule has 0 aliphatic rings. The molecule has 2 aromatic rings. The van der Waals surface area contributed by atoms with Gasteiger partial charge in [0.1, 0.15) is 6.54 Å². The van der Waals surface area contributed by atoms with Crippen LogP contribution in [0, 0.1) is 0 Å². The number of rotatable bonds is 5. The minimum atomic E-state index is -4.68. The van der Waals surface area contributed by atoms with Crippen LogP contribution in [0.2, 0.25) is 15.1 Å². The van der Waals surface area contributed by atoms with E-state index >= 15 is 0 Å². The number of nitrogens with one attached hydrogen (secondary N) is 1. The van der Waals surface area contributed by atoms with Crippen LogP contribution >= 0.6 is 34.8 Å². The van der Waals surface area contributed by atoms with Crippen molar-refractivity contribution < 1.29 is 27.5 Å². The summed E-state index contributed by atoms with van der Waals surface area (Å²) in [5.41, 5.74) is -1.82. The molecule has 0 unspecified atom stereocenters. The Hall–Kier alpha value is -2.23. The number of anilines is 1. The predicted octanol–water partition coefficient (Wildman–Crippen LogP) is 4.01. The van der Waals surface area contributed by atoms with E-state index in [2.05, 4.69) is 10.1 Å². The summed E-state index contributed by atoms with van der Waals surface area (Å²) in [6.45, 7) is -1.56. The van der Waals surface area contributed by atoms with Gasteiger partial charge in [0, 0.05) is 12.3 Å². The Balaban J connectivity index is 1.97. The number of alkyl halides is 3. The van der Waals surface area contributed by atoms with E-state index in [9.17, 15) is 27.6 Å². The zero-order chi connectivity index (χ0) is 21.1. The Morgan fingerprint density at radius 3 is 2.36 bits per heavy atom. The minimum absolute atomic E-state index is 0.0876. The van der Waals surface area contributed by atoms with Crippen LogP contribution in [0.4, 0.5) is 18.9 Å². The molecule has 0 radical (unpaired) electrons. The quantitative estimate of drug-likeness (QED) is 0.544.